The molecule has 4 rings (SSSR count). The Bertz CT molecular complexity index is 962. The zero-order valence-corrected chi connectivity index (χ0v) is 16.7. The molecule has 1 saturated carbocycles. The van der Waals surface area contributed by atoms with Crippen molar-refractivity contribution in [3.05, 3.63) is 54.9 Å². The van der Waals surface area contributed by atoms with E-state index >= 15 is 0 Å². The van der Waals surface area contributed by atoms with Gasteiger partial charge in [0.15, 0.2) is 0 Å². The standard InChI is InChI=1S/C21H25N7O/c1-27(2)20-18(4-3-10-23-20)21(29)26-16-5-7-17(8-6-16)28-13-15(12-25-28)19-9-11-22-14-24-19/h3-4,9-14,16-17H,5-8H2,1-2H3,(H,26,29). The van der Waals surface area contributed by atoms with E-state index in [1.807, 2.05) is 48.2 Å². The van der Waals surface area contributed by atoms with Crippen molar-refractivity contribution < 1.29 is 4.79 Å². The van der Waals surface area contributed by atoms with Crippen LogP contribution in [-0.2, 0) is 0 Å². The van der Waals surface area contributed by atoms with Gasteiger partial charge in [-0.25, -0.2) is 15.0 Å². The minimum Gasteiger partial charge on any atom is -0.362 e. The van der Waals surface area contributed by atoms with Crippen molar-refractivity contribution in [2.75, 3.05) is 19.0 Å². The number of amides is 1. The van der Waals surface area contributed by atoms with Crippen LogP contribution in [0.4, 0.5) is 5.82 Å². The molecular formula is C21H25N7O. The van der Waals surface area contributed by atoms with Gasteiger partial charge < -0.3 is 10.2 Å². The predicted octanol–water partition coefficient (Wildman–Crippen LogP) is 2.71. The summed E-state index contributed by atoms with van der Waals surface area (Å²) in [4.78, 5) is 27.2. The van der Waals surface area contributed by atoms with Crippen LogP contribution in [0.1, 0.15) is 42.1 Å². The predicted molar refractivity (Wildman–Crippen MR) is 111 cm³/mol. The van der Waals surface area contributed by atoms with Gasteiger partial charge in [0.25, 0.3) is 5.91 Å². The summed E-state index contributed by atoms with van der Waals surface area (Å²) < 4.78 is 2.03. The lowest BCUT2D eigenvalue weighted by Gasteiger charge is -2.29. The number of carbonyl (C=O) groups excluding carboxylic acids is 1. The van der Waals surface area contributed by atoms with E-state index in [0.29, 0.717) is 17.4 Å². The third kappa shape index (κ3) is 4.26. The first-order valence-electron chi connectivity index (χ1n) is 9.85. The van der Waals surface area contributed by atoms with E-state index in [0.717, 1.165) is 36.9 Å². The number of nitrogens with one attached hydrogen (secondary N) is 1. The summed E-state index contributed by atoms with van der Waals surface area (Å²) in [5.74, 6) is 0.628. The van der Waals surface area contributed by atoms with Crippen LogP contribution in [0.2, 0.25) is 0 Å². The lowest BCUT2D eigenvalue weighted by molar-refractivity contribution is 0.0922. The second kappa shape index (κ2) is 8.38. The first-order valence-corrected chi connectivity index (χ1v) is 9.85. The van der Waals surface area contributed by atoms with E-state index in [4.69, 9.17) is 0 Å². The van der Waals surface area contributed by atoms with Gasteiger partial charge in [0.2, 0.25) is 0 Å². The fourth-order valence-corrected chi connectivity index (χ4v) is 3.81. The summed E-state index contributed by atoms with van der Waals surface area (Å²) in [5, 5.41) is 7.72. The molecule has 3 aromatic heterocycles. The highest BCUT2D eigenvalue weighted by molar-refractivity contribution is 5.99. The minimum absolute atomic E-state index is 0.0598. The van der Waals surface area contributed by atoms with E-state index in [9.17, 15) is 4.79 Å². The lowest BCUT2D eigenvalue weighted by Crippen LogP contribution is -2.38. The Morgan fingerprint density at radius 2 is 1.97 bits per heavy atom. The molecule has 0 spiro atoms. The molecule has 150 valence electrons. The highest BCUT2D eigenvalue weighted by Crippen LogP contribution is 2.29. The number of anilines is 1. The molecule has 0 unspecified atom stereocenters. The summed E-state index contributed by atoms with van der Waals surface area (Å²) in [7, 11) is 3.79. The van der Waals surface area contributed by atoms with Gasteiger partial charge in [0.1, 0.15) is 12.1 Å². The van der Waals surface area contributed by atoms with Crippen LogP contribution in [0.25, 0.3) is 11.3 Å². The van der Waals surface area contributed by atoms with Gasteiger partial charge in [-0.05, 0) is 43.9 Å². The van der Waals surface area contributed by atoms with Crippen LogP contribution in [0.15, 0.2) is 49.3 Å². The van der Waals surface area contributed by atoms with Crippen LogP contribution in [0, 0.1) is 0 Å². The third-order valence-electron chi connectivity index (χ3n) is 5.34. The van der Waals surface area contributed by atoms with Gasteiger partial charge >= 0.3 is 0 Å². The molecule has 29 heavy (non-hydrogen) atoms. The Morgan fingerprint density at radius 3 is 2.69 bits per heavy atom. The van der Waals surface area contributed by atoms with Crippen molar-refractivity contribution in [2.45, 2.75) is 37.8 Å². The van der Waals surface area contributed by atoms with E-state index < -0.39 is 0 Å². The highest BCUT2D eigenvalue weighted by Gasteiger charge is 2.25. The number of nitrogens with zero attached hydrogens (tertiary/aromatic N) is 6. The zero-order chi connectivity index (χ0) is 20.2. The molecule has 0 bridgehead atoms. The molecule has 1 aliphatic carbocycles. The summed E-state index contributed by atoms with van der Waals surface area (Å²) in [5.41, 5.74) is 2.48. The molecule has 0 aliphatic heterocycles. The molecule has 0 saturated heterocycles. The molecule has 8 heteroatoms. The maximum Gasteiger partial charge on any atom is 0.255 e. The van der Waals surface area contributed by atoms with Gasteiger partial charge in [-0.15, -0.1) is 0 Å². The van der Waals surface area contributed by atoms with Gasteiger partial charge in [-0.2, -0.15) is 5.10 Å². The SMILES string of the molecule is CN(C)c1ncccc1C(=O)NC1CCC(n2cc(-c3ccncn3)cn2)CC1. The molecule has 0 aromatic carbocycles. The van der Waals surface area contributed by atoms with E-state index in [1.54, 1.807) is 24.8 Å². The monoisotopic (exact) mass is 391 g/mol. The molecule has 8 nitrogen and oxygen atoms in total. The van der Waals surface area contributed by atoms with Crippen LogP contribution >= 0.6 is 0 Å². The number of pyridine rings is 1. The Labute approximate surface area is 170 Å². The van der Waals surface area contributed by atoms with Crippen molar-refractivity contribution in [2.24, 2.45) is 0 Å². The number of hydrogen-bond acceptors (Lipinski definition) is 6. The molecule has 3 aromatic rings. The maximum absolute atomic E-state index is 12.7. The van der Waals surface area contributed by atoms with Crippen molar-refractivity contribution in [3.63, 3.8) is 0 Å². The Hall–Kier alpha value is -3.29. The summed E-state index contributed by atoms with van der Waals surface area (Å²) in [6.07, 6.45) is 12.7. The maximum atomic E-state index is 12.7. The Morgan fingerprint density at radius 1 is 1.14 bits per heavy atom. The van der Waals surface area contributed by atoms with Crippen molar-refractivity contribution >= 4 is 11.7 Å². The summed E-state index contributed by atoms with van der Waals surface area (Å²) in [6.45, 7) is 0. The first kappa shape index (κ1) is 19.0. The van der Waals surface area contributed by atoms with Crippen LogP contribution in [0.3, 0.4) is 0 Å². The van der Waals surface area contributed by atoms with Gasteiger partial charge in [-0.1, -0.05) is 0 Å². The summed E-state index contributed by atoms with van der Waals surface area (Å²) >= 11 is 0. The van der Waals surface area contributed by atoms with Gasteiger partial charge in [-0.3, -0.25) is 9.48 Å². The molecule has 1 amide bonds. The number of carbonyl (C=O) groups is 1. The highest BCUT2D eigenvalue weighted by atomic mass is 16.1. The fourth-order valence-electron chi connectivity index (χ4n) is 3.81. The zero-order valence-electron chi connectivity index (χ0n) is 16.7. The van der Waals surface area contributed by atoms with Crippen LogP contribution in [0.5, 0.6) is 0 Å². The van der Waals surface area contributed by atoms with E-state index in [-0.39, 0.29) is 11.9 Å². The Balaban J connectivity index is 1.36. The number of hydrogen-bond donors (Lipinski definition) is 1. The second-order valence-electron chi connectivity index (χ2n) is 7.55. The van der Waals surface area contributed by atoms with Gasteiger partial charge in [0.05, 0.1) is 23.5 Å². The quantitative estimate of drug-likeness (QED) is 0.719. The second-order valence-corrected chi connectivity index (χ2v) is 7.55. The molecule has 1 fully saturated rings. The number of rotatable bonds is 5. The Kier molecular flexibility index (Phi) is 5.50. The average molecular weight is 391 g/mol. The molecule has 3 heterocycles. The fraction of sp³-hybridized carbons (Fsp3) is 0.381. The largest absolute Gasteiger partial charge is 0.362 e. The third-order valence-corrected chi connectivity index (χ3v) is 5.34. The normalized spacial score (nSPS) is 19.0. The molecular weight excluding hydrogens is 366 g/mol. The summed E-state index contributed by atoms with van der Waals surface area (Å²) in [6, 6.07) is 6.02. The average Bonchev–Trinajstić information content (AvgIpc) is 3.25. The van der Waals surface area contributed by atoms with Crippen molar-refractivity contribution in [1.29, 1.82) is 0 Å². The number of aromatic nitrogens is 5. The smallest absolute Gasteiger partial charge is 0.255 e. The lowest BCUT2D eigenvalue weighted by atomic mass is 9.91. The van der Waals surface area contributed by atoms with Crippen LogP contribution < -0.4 is 10.2 Å². The van der Waals surface area contributed by atoms with E-state index in [2.05, 4.69) is 25.4 Å². The molecule has 0 atom stereocenters. The van der Waals surface area contributed by atoms with Crippen molar-refractivity contribution in [3.8, 4) is 11.3 Å². The minimum atomic E-state index is -0.0598. The molecule has 1 aliphatic rings. The topological polar surface area (TPSA) is 88.8 Å². The molecule has 0 radical (unpaired) electrons. The van der Waals surface area contributed by atoms with Crippen LogP contribution in [-0.4, -0.2) is 50.8 Å². The van der Waals surface area contributed by atoms with Crippen molar-refractivity contribution in [1.82, 2.24) is 30.0 Å². The molecule has 1 N–H and O–H groups in total. The van der Waals surface area contributed by atoms with E-state index in [1.165, 1.54) is 0 Å². The van der Waals surface area contributed by atoms with Gasteiger partial charge in [0, 0.05) is 44.3 Å². The first-order chi connectivity index (χ1) is 14.1.